The first kappa shape index (κ1) is 22.4. The molecule has 1 aromatic carbocycles. The Morgan fingerprint density at radius 3 is 2.40 bits per heavy atom. The largest absolute Gasteiger partial charge is 0.497 e. The molecule has 2 aliphatic rings. The Hall–Kier alpha value is -2.28. The first-order chi connectivity index (χ1) is 14.7. The number of ether oxygens (including phenoxy) is 1. The van der Waals surface area contributed by atoms with Crippen LogP contribution in [0.1, 0.15) is 63.0 Å². The highest BCUT2D eigenvalue weighted by Gasteiger charge is 2.24. The van der Waals surface area contributed by atoms with Crippen molar-refractivity contribution in [2.24, 2.45) is 0 Å². The van der Waals surface area contributed by atoms with Crippen LogP contribution in [0.15, 0.2) is 24.3 Å². The minimum atomic E-state index is -0.164. The van der Waals surface area contributed by atoms with Gasteiger partial charge in [-0.25, -0.2) is 4.79 Å². The van der Waals surface area contributed by atoms with Gasteiger partial charge in [0.05, 0.1) is 13.2 Å². The normalized spacial score (nSPS) is 18.6. The highest BCUT2D eigenvalue weighted by Crippen LogP contribution is 2.26. The van der Waals surface area contributed by atoms with Crippen LogP contribution in [0.5, 0.6) is 5.75 Å². The fourth-order valence-electron chi connectivity index (χ4n) is 4.41. The zero-order valence-corrected chi connectivity index (χ0v) is 18.1. The number of benzene rings is 1. The van der Waals surface area contributed by atoms with E-state index in [1.807, 2.05) is 12.1 Å². The van der Waals surface area contributed by atoms with Gasteiger partial charge < -0.3 is 20.7 Å². The Kier molecular flexibility index (Phi) is 8.81. The van der Waals surface area contributed by atoms with Crippen LogP contribution < -0.4 is 20.7 Å². The first-order valence-corrected chi connectivity index (χ1v) is 11.3. The molecular weight excluding hydrogens is 380 g/mol. The molecule has 30 heavy (non-hydrogen) atoms. The van der Waals surface area contributed by atoms with Crippen molar-refractivity contribution in [2.75, 3.05) is 33.3 Å². The third kappa shape index (κ3) is 6.90. The zero-order valence-electron chi connectivity index (χ0n) is 18.1. The van der Waals surface area contributed by atoms with Gasteiger partial charge in [0.15, 0.2) is 0 Å². The molecule has 1 saturated carbocycles. The van der Waals surface area contributed by atoms with Crippen molar-refractivity contribution < 1.29 is 14.3 Å². The second kappa shape index (κ2) is 11.8. The van der Waals surface area contributed by atoms with Crippen LogP contribution in [-0.4, -0.2) is 56.2 Å². The summed E-state index contributed by atoms with van der Waals surface area (Å²) in [6, 6.07) is 8.35. The van der Waals surface area contributed by atoms with Gasteiger partial charge in [-0.3, -0.25) is 9.69 Å². The predicted octanol–water partition coefficient (Wildman–Crippen LogP) is 2.97. The summed E-state index contributed by atoms with van der Waals surface area (Å²) in [6.45, 7) is 3.02. The predicted molar refractivity (Wildman–Crippen MR) is 118 cm³/mol. The fourth-order valence-corrected chi connectivity index (χ4v) is 4.41. The summed E-state index contributed by atoms with van der Waals surface area (Å²) in [4.78, 5) is 26.8. The molecule has 1 unspecified atom stereocenters. The lowest BCUT2D eigenvalue weighted by Crippen LogP contribution is -2.44. The number of methoxy groups -OCH3 is 1. The smallest absolute Gasteiger partial charge is 0.315 e. The van der Waals surface area contributed by atoms with E-state index in [2.05, 4.69) is 33.0 Å². The molecule has 7 heteroatoms. The van der Waals surface area contributed by atoms with Gasteiger partial charge in [0, 0.05) is 25.6 Å². The summed E-state index contributed by atoms with van der Waals surface area (Å²) in [5, 5.41) is 8.88. The van der Waals surface area contributed by atoms with Gasteiger partial charge in [-0.2, -0.15) is 0 Å². The van der Waals surface area contributed by atoms with Crippen LogP contribution in [-0.2, 0) is 4.79 Å². The van der Waals surface area contributed by atoms with E-state index in [1.54, 1.807) is 7.11 Å². The van der Waals surface area contributed by atoms with Crippen molar-refractivity contribution in [3.8, 4) is 5.75 Å². The van der Waals surface area contributed by atoms with Crippen molar-refractivity contribution >= 4 is 11.9 Å². The van der Waals surface area contributed by atoms with Crippen LogP contribution in [0.25, 0.3) is 0 Å². The van der Waals surface area contributed by atoms with E-state index in [1.165, 1.54) is 37.7 Å². The number of hydrogen-bond donors (Lipinski definition) is 3. The molecule has 0 bridgehead atoms. The Labute approximate surface area is 179 Å². The maximum atomic E-state index is 12.3. The third-order valence-electron chi connectivity index (χ3n) is 6.15. The molecule has 1 atom stereocenters. The summed E-state index contributed by atoms with van der Waals surface area (Å²) >= 11 is 0. The molecule has 3 N–H and O–H groups in total. The number of nitrogens with one attached hydrogen (secondary N) is 3. The van der Waals surface area contributed by atoms with Gasteiger partial charge in [0.1, 0.15) is 5.75 Å². The molecular formula is C23H36N4O3. The summed E-state index contributed by atoms with van der Waals surface area (Å²) in [6.07, 6.45) is 8.40. The second-order valence-corrected chi connectivity index (χ2v) is 8.32. The van der Waals surface area contributed by atoms with Crippen LogP contribution in [0.4, 0.5) is 4.79 Å². The number of carbonyl (C=O) groups excluding carboxylic acids is 2. The SMILES string of the molecule is COc1ccc(C(CNC(=O)CCNC(=O)NC2CCCCC2)N2CCCC2)cc1. The number of rotatable bonds is 9. The maximum absolute atomic E-state index is 12.3. The average Bonchev–Trinajstić information content (AvgIpc) is 3.29. The van der Waals surface area contributed by atoms with Gasteiger partial charge in [-0.15, -0.1) is 0 Å². The van der Waals surface area contributed by atoms with Crippen molar-refractivity contribution in [1.29, 1.82) is 0 Å². The molecule has 1 aromatic rings. The van der Waals surface area contributed by atoms with Crippen LogP contribution in [0.3, 0.4) is 0 Å². The third-order valence-corrected chi connectivity index (χ3v) is 6.15. The Morgan fingerprint density at radius 1 is 1.03 bits per heavy atom. The lowest BCUT2D eigenvalue weighted by atomic mass is 9.96. The van der Waals surface area contributed by atoms with Crippen molar-refractivity contribution in [1.82, 2.24) is 20.9 Å². The van der Waals surface area contributed by atoms with Crippen LogP contribution >= 0.6 is 0 Å². The summed E-state index contributed by atoms with van der Waals surface area (Å²) in [7, 11) is 1.66. The minimum absolute atomic E-state index is 0.0364. The molecule has 7 nitrogen and oxygen atoms in total. The molecule has 2 fully saturated rings. The van der Waals surface area contributed by atoms with Gasteiger partial charge in [0.25, 0.3) is 0 Å². The summed E-state index contributed by atoms with van der Waals surface area (Å²) < 4.78 is 5.26. The fraction of sp³-hybridized carbons (Fsp3) is 0.652. The first-order valence-electron chi connectivity index (χ1n) is 11.3. The Balaban J connectivity index is 1.41. The molecule has 0 spiro atoms. The monoisotopic (exact) mass is 416 g/mol. The molecule has 1 aliphatic carbocycles. The lowest BCUT2D eigenvalue weighted by Gasteiger charge is -2.28. The van der Waals surface area contributed by atoms with Gasteiger partial charge in [0.2, 0.25) is 5.91 Å². The van der Waals surface area contributed by atoms with E-state index in [9.17, 15) is 9.59 Å². The number of carbonyl (C=O) groups is 2. The Morgan fingerprint density at radius 2 is 1.73 bits per heavy atom. The van der Waals surface area contributed by atoms with E-state index in [4.69, 9.17) is 4.74 Å². The highest BCUT2D eigenvalue weighted by atomic mass is 16.5. The number of amides is 3. The lowest BCUT2D eigenvalue weighted by molar-refractivity contribution is -0.121. The zero-order chi connectivity index (χ0) is 21.2. The number of urea groups is 1. The van der Waals surface area contributed by atoms with E-state index in [-0.39, 0.29) is 30.4 Å². The van der Waals surface area contributed by atoms with E-state index >= 15 is 0 Å². The molecule has 3 rings (SSSR count). The van der Waals surface area contributed by atoms with Crippen LogP contribution in [0.2, 0.25) is 0 Å². The standard InChI is InChI=1S/C23H36N4O3/c1-30-20-11-9-18(10-12-20)21(27-15-5-6-16-27)17-25-22(28)13-14-24-23(29)26-19-7-3-2-4-8-19/h9-12,19,21H,2-8,13-17H2,1H3,(H,25,28)(H2,24,26,29). The molecule has 1 aliphatic heterocycles. The highest BCUT2D eigenvalue weighted by molar-refractivity contribution is 5.78. The average molecular weight is 417 g/mol. The van der Waals surface area contributed by atoms with E-state index in [0.29, 0.717) is 13.1 Å². The van der Waals surface area contributed by atoms with E-state index in [0.717, 1.165) is 31.7 Å². The number of hydrogen-bond acceptors (Lipinski definition) is 4. The summed E-state index contributed by atoms with van der Waals surface area (Å²) in [5.41, 5.74) is 1.18. The number of nitrogens with zero attached hydrogens (tertiary/aromatic N) is 1. The molecule has 0 radical (unpaired) electrons. The Bertz CT molecular complexity index is 668. The van der Waals surface area contributed by atoms with E-state index < -0.39 is 0 Å². The topological polar surface area (TPSA) is 82.7 Å². The van der Waals surface area contributed by atoms with Crippen molar-refractivity contribution in [3.63, 3.8) is 0 Å². The van der Waals surface area contributed by atoms with Gasteiger partial charge in [-0.05, 0) is 56.5 Å². The van der Waals surface area contributed by atoms with Crippen molar-refractivity contribution in [3.05, 3.63) is 29.8 Å². The van der Waals surface area contributed by atoms with Gasteiger partial charge in [-0.1, -0.05) is 31.4 Å². The molecule has 1 saturated heterocycles. The second-order valence-electron chi connectivity index (χ2n) is 8.32. The quantitative estimate of drug-likeness (QED) is 0.578. The molecule has 3 amide bonds. The number of likely N-dealkylation sites (tertiary alicyclic amines) is 1. The molecule has 1 heterocycles. The minimum Gasteiger partial charge on any atom is -0.497 e. The molecule has 166 valence electrons. The maximum Gasteiger partial charge on any atom is 0.315 e. The molecule has 0 aromatic heterocycles. The summed E-state index contributed by atoms with van der Waals surface area (Å²) in [5.74, 6) is 0.797. The van der Waals surface area contributed by atoms with Crippen LogP contribution in [0, 0.1) is 0 Å². The van der Waals surface area contributed by atoms with Crippen molar-refractivity contribution in [2.45, 2.75) is 63.5 Å². The van der Waals surface area contributed by atoms with Gasteiger partial charge >= 0.3 is 6.03 Å².